The second-order valence-electron chi connectivity index (χ2n) is 8.19. The van der Waals surface area contributed by atoms with Crippen LogP contribution in [0, 0.1) is 13.8 Å². The van der Waals surface area contributed by atoms with Gasteiger partial charge in [0.1, 0.15) is 11.6 Å². The molecule has 0 unspecified atom stereocenters. The maximum atomic E-state index is 5.73. The van der Waals surface area contributed by atoms with Gasteiger partial charge in [-0.25, -0.2) is 15.0 Å². The molecule has 0 spiro atoms. The van der Waals surface area contributed by atoms with Crippen molar-refractivity contribution in [2.45, 2.75) is 26.3 Å². The number of likely N-dealkylation sites (N-methyl/N-ethyl adjacent to an activating group) is 1. The topological polar surface area (TPSA) is 59.3 Å². The molecule has 5 rings (SSSR count). The molecule has 7 nitrogen and oxygen atoms in total. The predicted molar refractivity (Wildman–Crippen MR) is 122 cm³/mol. The summed E-state index contributed by atoms with van der Waals surface area (Å²) in [5.41, 5.74) is 4.21. The molecule has 0 bridgehead atoms. The third-order valence-corrected chi connectivity index (χ3v) is 6.09. The third kappa shape index (κ3) is 3.66. The fourth-order valence-corrected chi connectivity index (χ4v) is 4.39. The summed E-state index contributed by atoms with van der Waals surface area (Å²) in [7, 11) is 2.17. The van der Waals surface area contributed by atoms with Gasteiger partial charge in [-0.1, -0.05) is 24.3 Å². The normalized spacial score (nSPS) is 20.0. The van der Waals surface area contributed by atoms with Crippen molar-refractivity contribution in [2.75, 3.05) is 51.3 Å². The summed E-state index contributed by atoms with van der Waals surface area (Å²) in [6, 6.07) is 8.70. The summed E-state index contributed by atoms with van der Waals surface area (Å²) >= 11 is 0. The van der Waals surface area contributed by atoms with Crippen molar-refractivity contribution in [1.29, 1.82) is 0 Å². The lowest BCUT2D eigenvalue weighted by Crippen LogP contribution is -2.45. The molecule has 8 heteroatoms. The maximum Gasteiger partial charge on any atom is 0.166 e. The van der Waals surface area contributed by atoms with Gasteiger partial charge in [0, 0.05) is 38.3 Å². The van der Waals surface area contributed by atoms with Crippen LogP contribution in [0.1, 0.15) is 23.9 Å². The zero-order valence-electron chi connectivity index (χ0n) is 17.8. The number of fused-ring (bicyclic) bond motifs is 1. The van der Waals surface area contributed by atoms with Crippen LogP contribution in [0.15, 0.2) is 24.3 Å². The van der Waals surface area contributed by atoms with Gasteiger partial charge < -0.3 is 19.1 Å². The van der Waals surface area contributed by atoms with Crippen LogP contribution in [0.25, 0.3) is 22.6 Å². The fraction of sp³-hybridized carbons (Fsp3) is 0.500. The Hall–Kier alpha value is -2.22. The molecule has 2 aliphatic rings. The van der Waals surface area contributed by atoms with E-state index >= 15 is 0 Å². The smallest absolute Gasteiger partial charge is 0.166 e. The van der Waals surface area contributed by atoms with Crippen LogP contribution in [0.5, 0.6) is 0 Å². The molecule has 1 atom stereocenters. The molecule has 160 valence electrons. The number of imidazole rings is 1. The van der Waals surface area contributed by atoms with Gasteiger partial charge in [-0.15, -0.1) is 12.4 Å². The number of halogens is 1. The van der Waals surface area contributed by atoms with Crippen LogP contribution in [-0.4, -0.2) is 70.9 Å². The molecular weight excluding hydrogens is 400 g/mol. The Bertz CT molecular complexity index is 1040. The molecule has 0 radical (unpaired) electrons. The Balaban J connectivity index is 0.00000218. The first-order valence-electron chi connectivity index (χ1n) is 10.5. The molecule has 1 aromatic carbocycles. The van der Waals surface area contributed by atoms with Gasteiger partial charge in [-0.05, 0) is 32.9 Å². The highest BCUT2D eigenvalue weighted by atomic mass is 35.5. The number of ether oxygens (including phenoxy) is 1. The molecule has 4 heterocycles. The number of rotatable bonds is 3. The van der Waals surface area contributed by atoms with Gasteiger partial charge in [0.25, 0.3) is 0 Å². The summed E-state index contributed by atoms with van der Waals surface area (Å²) in [5, 5.41) is 0. The molecule has 30 heavy (non-hydrogen) atoms. The first-order chi connectivity index (χ1) is 14.1. The molecule has 3 aromatic rings. The van der Waals surface area contributed by atoms with Gasteiger partial charge in [0.2, 0.25) is 0 Å². The van der Waals surface area contributed by atoms with E-state index in [0.717, 1.165) is 73.4 Å². The average molecular weight is 429 g/mol. The monoisotopic (exact) mass is 428 g/mol. The summed E-state index contributed by atoms with van der Waals surface area (Å²) in [4.78, 5) is 19.6. The zero-order chi connectivity index (χ0) is 20.0. The molecule has 0 amide bonds. The number of nitrogens with zero attached hydrogens (tertiary/aromatic N) is 6. The SMILES string of the molecule is Cc1nc(N2CCN(C)CC2)c2nc(-c3ccccc3C)n([C@@H]3CCOC3)c2n1.Cl. The Kier molecular flexibility index (Phi) is 5.95. The summed E-state index contributed by atoms with van der Waals surface area (Å²) in [5.74, 6) is 2.74. The van der Waals surface area contributed by atoms with E-state index in [-0.39, 0.29) is 18.4 Å². The Morgan fingerprint density at radius 2 is 1.77 bits per heavy atom. The highest BCUT2D eigenvalue weighted by molar-refractivity contribution is 5.88. The Labute approximate surface area is 183 Å². The lowest BCUT2D eigenvalue weighted by molar-refractivity contribution is 0.187. The van der Waals surface area contributed by atoms with Crippen molar-refractivity contribution < 1.29 is 4.74 Å². The van der Waals surface area contributed by atoms with Crippen LogP contribution < -0.4 is 4.90 Å². The summed E-state index contributed by atoms with van der Waals surface area (Å²) in [6.45, 7) is 9.60. The van der Waals surface area contributed by atoms with Crippen LogP contribution >= 0.6 is 12.4 Å². The fourth-order valence-electron chi connectivity index (χ4n) is 4.39. The first-order valence-corrected chi connectivity index (χ1v) is 10.5. The molecule has 0 saturated carbocycles. The second kappa shape index (κ2) is 8.49. The molecule has 2 saturated heterocycles. The highest BCUT2D eigenvalue weighted by Crippen LogP contribution is 2.35. The molecule has 2 aromatic heterocycles. The lowest BCUT2D eigenvalue weighted by atomic mass is 10.1. The van der Waals surface area contributed by atoms with E-state index in [1.165, 1.54) is 5.56 Å². The van der Waals surface area contributed by atoms with E-state index in [9.17, 15) is 0 Å². The summed E-state index contributed by atoms with van der Waals surface area (Å²) < 4.78 is 8.04. The van der Waals surface area contributed by atoms with Crippen molar-refractivity contribution in [3.05, 3.63) is 35.7 Å². The standard InChI is InChI=1S/C22H28N6O.ClH/c1-15-6-4-5-7-18(15)20-25-19-21(27-11-9-26(3)10-12-27)23-16(2)24-22(19)28(20)17-8-13-29-14-17;/h4-7,17H,8-14H2,1-3H3;1H/t17-;/m1./s1. The largest absolute Gasteiger partial charge is 0.379 e. The number of aromatic nitrogens is 4. The van der Waals surface area contributed by atoms with Crippen molar-refractivity contribution in [1.82, 2.24) is 24.4 Å². The first kappa shape index (κ1) is 21.0. The minimum Gasteiger partial charge on any atom is -0.379 e. The molecule has 0 N–H and O–H groups in total. The minimum atomic E-state index is 0. The molecular formula is C22H29ClN6O. The maximum absolute atomic E-state index is 5.73. The molecule has 2 fully saturated rings. The number of hydrogen-bond acceptors (Lipinski definition) is 6. The van der Waals surface area contributed by atoms with E-state index in [1.54, 1.807) is 0 Å². The minimum absolute atomic E-state index is 0. The third-order valence-electron chi connectivity index (χ3n) is 6.09. The van der Waals surface area contributed by atoms with Gasteiger partial charge in [0.15, 0.2) is 17.0 Å². The predicted octanol–water partition coefficient (Wildman–Crippen LogP) is 3.25. The van der Waals surface area contributed by atoms with E-state index in [4.69, 9.17) is 19.7 Å². The zero-order valence-corrected chi connectivity index (χ0v) is 18.7. The van der Waals surface area contributed by atoms with Crippen molar-refractivity contribution in [2.24, 2.45) is 0 Å². The van der Waals surface area contributed by atoms with Crippen LogP contribution in [-0.2, 0) is 4.74 Å². The highest BCUT2D eigenvalue weighted by Gasteiger charge is 2.29. The van der Waals surface area contributed by atoms with E-state index in [1.807, 2.05) is 6.92 Å². The Morgan fingerprint density at radius 3 is 2.47 bits per heavy atom. The van der Waals surface area contributed by atoms with E-state index in [0.29, 0.717) is 6.61 Å². The van der Waals surface area contributed by atoms with Crippen LogP contribution in [0.2, 0.25) is 0 Å². The van der Waals surface area contributed by atoms with Crippen LogP contribution in [0.3, 0.4) is 0 Å². The number of benzene rings is 1. The average Bonchev–Trinajstić information content (AvgIpc) is 3.36. The van der Waals surface area contributed by atoms with Gasteiger partial charge in [-0.3, -0.25) is 0 Å². The second-order valence-corrected chi connectivity index (χ2v) is 8.19. The summed E-state index contributed by atoms with van der Waals surface area (Å²) in [6.07, 6.45) is 0.983. The molecule has 2 aliphatic heterocycles. The van der Waals surface area contributed by atoms with E-state index < -0.39 is 0 Å². The number of anilines is 1. The van der Waals surface area contributed by atoms with Crippen molar-refractivity contribution in [3.63, 3.8) is 0 Å². The van der Waals surface area contributed by atoms with Crippen LogP contribution in [0.4, 0.5) is 5.82 Å². The van der Waals surface area contributed by atoms with Gasteiger partial charge >= 0.3 is 0 Å². The Morgan fingerprint density at radius 1 is 1.00 bits per heavy atom. The lowest BCUT2D eigenvalue weighted by Gasteiger charge is -2.33. The molecule has 0 aliphatic carbocycles. The number of hydrogen-bond donors (Lipinski definition) is 0. The number of aryl methyl sites for hydroxylation is 2. The van der Waals surface area contributed by atoms with Gasteiger partial charge in [-0.2, -0.15) is 0 Å². The van der Waals surface area contributed by atoms with E-state index in [2.05, 4.69) is 52.6 Å². The number of piperazine rings is 1. The van der Waals surface area contributed by atoms with Crippen molar-refractivity contribution in [3.8, 4) is 11.4 Å². The van der Waals surface area contributed by atoms with Gasteiger partial charge in [0.05, 0.1) is 12.6 Å². The van der Waals surface area contributed by atoms with Crippen molar-refractivity contribution >= 4 is 29.4 Å². The quantitative estimate of drug-likeness (QED) is 0.638.